The molecule has 0 bridgehead atoms. The normalized spacial score (nSPS) is 16.4. The predicted molar refractivity (Wildman–Crippen MR) is 125 cm³/mol. The second-order valence-corrected chi connectivity index (χ2v) is 8.70. The molecule has 4 aromatic rings. The average Bonchev–Trinajstić information content (AvgIpc) is 3.50. The van der Waals surface area contributed by atoms with Gasteiger partial charge in [0, 0.05) is 68.5 Å². The van der Waals surface area contributed by atoms with Gasteiger partial charge in [-0.05, 0) is 41.8 Å². The maximum atomic E-state index is 15.0. The van der Waals surface area contributed by atoms with E-state index in [4.69, 9.17) is 0 Å². The molecule has 1 N–H and O–H groups in total. The standard InChI is InChI=1S/C25H28F2N6/c26-21(13-20-15-28-25-6-5-22(14-23(20)25)33-17-29-30-18-33)16-32-11-9-31(10-12-32)8-7-19-3-1-2-4-24(19)27/h1-6,14-15,17-18,21,28H,7-13,16H2/t21-/m0/s1. The zero-order chi connectivity index (χ0) is 22.6. The van der Waals surface area contributed by atoms with Crippen LogP contribution in [-0.2, 0) is 12.8 Å². The molecule has 1 fully saturated rings. The lowest BCUT2D eigenvalue weighted by Gasteiger charge is -2.35. The Labute approximate surface area is 191 Å². The number of halogens is 2. The van der Waals surface area contributed by atoms with Crippen molar-refractivity contribution in [1.29, 1.82) is 0 Å². The van der Waals surface area contributed by atoms with Crippen LogP contribution in [0.15, 0.2) is 61.3 Å². The van der Waals surface area contributed by atoms with Gasteiger partial charge in [0.05, 0.1) is 0 Å². The van der Waals surface area contributed by atoms with E-state index in [1.54, 1.807) is 18.7 Å². The van der Waals surface area contributed by atoms with Gasteiger partial charge in [-0.2, -0.15) is 0 Å². The zero-order valence-electron chi connectivity index (χ0n) is 18.5. The summed E-state index contributed by atoms with van der Waals surface area (Å²) in [4.78, 5) is 7.78. The molecule has 5 rings (SSSR count). The first kappa shape index (κ1) is 21.7. The summed E-state index contributed by atoms with van der Waals surface area (Å²) in [6.07, 6.45) is 5.36. The van der Waals surface area contributed by atoms with Crippen LogP contribution in [0.1, 0.15) is 11.1 Å². The molecule has 0 spiro atoms. The quantitative estimate of drug-likeness (QED) is 0.446. The van der Waals surface area contributed by atoms with E-state index in [2.05, 4.69) is 25.0 Å². The lowest BCUT2D eigenvalue weighted by molar-refractivity contribution is 0.107. The molecule has 33 heavy (non-hydrogen) atoms. The van der Waals surface area contributed by atoms with E-state index in [-0.39, 0.29) is 5.82 Å². The summed E-state index contributed by atoms with van der Waals surface area (Å²) in [6.45, 7) is 4.71. The van der Waals surface area contributed by atoms with Crippen molar-refractivity contribution in [2.75, 3.05) is 39.3 Å². The number of fused-ring (bicyclic) bond motifs is 1. The van der Waals surface area contributed by atoms with E-state index >= 15 is 4.39 Å². The molecule has 8 heteroatoms. The number of rotatable bonds is 8. The number of nitrogens with one attached hydrogen (secondary N) is 1. The Morgan fingerprint density at radius 3 is 2.48 bits per heavy atom. The van der Waals surface area contributed by atoms with Crippen LogP contribution in [0.4, 0.5) is 8.78 Å². The van der Waals surface area contributed by atoms with Gasteiger partial charge >= 0.3 is 0 Å². The van der Waals surface area contributed by atoms with E-state index in [1.807, 2.05) is 41.1 Å². The number of alkyl halides is 1. The smallest absolute Gasteiger partial charge is 0.126 e. The average molecular weight is 451 g/mol. The molecular weight excluding hydrogens is 422 g/mol. The number of hydrogen-bond donors (Lipinski definition) is 1. The summed E-state index contributed by atoms with van der Waals surface area (Å²) in [5, 5.41) is 8.74. The summed E-state index contributed by atoms with van der Waals surface area (Å²) >= 11 is 0. The second-order valence-electron chi connectivity index (χ2n) is 8.70. The van der Waals surface area contributed by atoms with E-state index in [0.717, 1.165) is 60.4 Å². The predicted octanol–water partition coefficient (Wildman–Crippen LogP) is 3.63. The molecule has 3 heterocycles. The molecule has 1 aliphatic heterocycles. The van der Waals surface area contributed by atoms with E-state index in [1.165, 1.54) is 6.07 Å². The first-order chi connectivity index (χ1) is 16.2. The summed E-state index contributed by atoms with van der Waals surface area (Å²) in [5.41, 5.74) is 3.69. The van der Waals surface area contributed by atoms with Crippen LogP contribution < -0.4 is 0 Å². The first-order valence-electron chi connectivity index (χ1n) is 11.4. The van der Waals surface area contributed by atoms with Crippen LogP contribution >= 0.6 is 0 Å². The zero-order valence-corrected chi connectivity index (χ0v) is 18.5. The van der Waals surface area contributed by atoms with Crippen molar-refractivity contribution in [3.63, 3.8) is 0 Å². The highest BCUT2D eigenvalue weighted by Crippen LogP contribution is 2.24. The minimum atomic E-state index is -0.937. The SMILES string of the molecule is Fc1ccccc1CCN1CCN(C[C@@H](F)Cc2c[nH]c3ccc(-n4cnnc4)cc23)CC1. The molecular formula is C25H28F2N6. The van der Waals surface area contributed by atoms with Gasteiger partial charge in [-0.15, -0.1) is 10.2 Å². The van der Waals surface area contributed by atoms with Gasteiger partial charge in [0.1, 0.15) is 24.6 Å². The Bertz CT molecular complexity index is 1180. The molecule has 0 saturated carbocycles. The molecule has 0 radical (unpaired) electrons. The Hall–Kier alpha value is -3.10. The van der Waals surface area contributed by atoms with Crippen molar-refractivity contribution in [3.8, 4) is 5.69 Å². The van der Waals surface area contributed by atoms with Crippen molar-refractivity contribution >= 4 is 10.9 Å². The fraction of sp³-hybridized carbons (Fsp3) is 0.360. The summed E-state index contributed by atoms with van der Waals surface area (Å²) in [7, 11) is 0. The van der Waals surface area contributed by atoms with Gasteiger partial charge in [-0.25, -0.2) is 8.78 Å². The highest BCUT2D eigenvalue weighted by Gasteiger charge is 2.21. The van der Waals surface area contributed by atoms with Gasteiger partial charge < -0.3 is 9.88 Å². The monoisotopic (exact) mass is 450 g/mol. The van der Waals surface area contributed by atoms with Gasteiger partial charge in [0.2, 0.25) is 0 Å². The minimum Gasteiger partial charge on any atom is -0.361 e. The van der Waals surface area contributed by atoms with Crippen molar-refractivity contribution in [3.05, 3.63) is 78.3 Å². The number of aromatic amines is 1. The lowest BCUT2D eigenvalue weighted by atomic mass is 10.1. The Morgan fingerprint density at radius 2 is 1.70 bits per heavy atom. The Balaban J connectivity index is 1.13. The van der Waals surface area contributed by atoms with Crippen LogP contribution in [0, 0.1) is 5.82 Å². The molecule has 0 amide bonds. The molecule has 1 saturated heterocycles. The van der Waals surface area contributed by atoms with Gasteiger partial charge in [-0.3, -0.25) is 9.47 Å². The van der Waals surface area contributed by atoms with Crippen LogP contribution in [0.5, 0.6) is 0 Å². The highest BCUT2D eigenvalue weighted by molar-refractivity contribution is 5.85. The molecule has 2 aromatic heterocycles. The largest absolute Gasteiger partial charge is 0.361 e. The van der Waals surface area contributed by atoms with Gasteiger partial charge in [0.15, 0.2) is 0 Å². The molecule has 6 nitrogen and oxygen atoms in total. The van der Waals surface area contributed by atoms with Crippen molar-refractivity contribution in [1.82, 2.24) is 29.5 Å². The van der Waals surface area contributed by atoms with E-state index in [0.29, 0.717) is 19.4 Å². The minimum absolute atomic E-state index is 0.137. The third-order valence-corrected chi connectivity index (χ3v) is 6.49. The Morgan fingerprint density at radius 1 is 0.939 bits per heavy atom. The summed E-state index contributed by atoms with van der Waals surface area (Å²) in [5.74, 6) is -0.137. The number of piperazine rings is 1. The molecule has 1 atom stereocenters. The molecule has 0 unspecified atom stereocenters. The highest BCUT2D eigenvalue weighted by atomic mass is 19.1. The molecule has 2 aromatic carbocycles. The second kappa shape index (κ2) is 9.80. The van der Waals surface area contributed by atoms with E-state index in [9.17, 15) is 4.39 Å². The van der Waals surface area contributed by atoms with Crippen molar-refractivity contribution in [2.24, 2.45) is 0 Å². The number of H-pyrrole nitrogens is 1. The maximum Gasteiger partial charge on any atom is 0.126 e. The molecule has 0 aliphatic carbocycles. The Kier molecular flexibility index (Phi) is 6.46. The van der Waals surface area contributed by atoms with E-state index < -0.39 is 6.17 Å². The fourth-order valence-corrected chi connectivity index (χ4v) is 4.59. The van der Waals surface area contributed by atoms with Crippen molar-refractivity contribution in [2.45, 2.75) is 19.0 Å². The van der Waals surface area contributed by atoms with Crippen LogP contribution in [-0.4, -0.2) is 75.0 Å². The number of benzene rings is 2. The maximum absolute atomic E-state index is 15.0. The number of hydrogen-bond acceptors (Lipinski definition) is 4. The molecule has 1 aliphatic rings. The third-order valence-electron chi connectivity index (χ3n) is 6.49. The number of nitrogens with zero attached hydrogens (tertiary/aromatic N) is 5. The van der Waals surface area contributed by atoms with Crippen molar-refractivity contribution < 1.29 is 8.78 Å². The molecule has 172 valence electrons. The first-order valence-corrected chi connectivity index (χ1v) is 11.4. The fourth-order valence-electron chi connectivity index (χ4n) is 4.59. The van der Waals surface area contributed by atoms with Crippen LogP contribution in [0.3, 0.4) is 0 Å². The van der Waals surface area contributed by atoms with Gasteiger partial charge in [0.25, 0.3) is 0 Å². The van der Waals surface area contributed by atoms with Crippen LogP contribution in [0.25, 0.3) is 16.6 Å². The third kappa shape index (κ3) is 5.12. The summed E-state index contributed by atoms with van der Waals surface area (Å²) in [6, 6.07) is 13.0. The number of aromatic nitrogens is 4. The van der Waals surface area contributed by atoms with Gasteiger partial charge in [-0.1, -0.05) is 18.2 Å². The van der Waals surface area contributed by atoms with Crippen LogP contribution in [0.2, 0.25) is 0 Å². The lowest BCUT2D eigenvalue weighted by Crippen LogP contribution is -2.48. The topological polar surface area (TPSA) is 53.0 Å². The summed E-state index contributed by atoms with van der Waals surface area (Å²) < 4.78 is 30.7.